The third-order valence-electron chi connectivity index (χ3n) is 2.38. The lowest BCUT2D eigenvalue weighted by Crippen LogP contribution is -2.01. The van der Waals surface area contributed by atoms with Gasteiger partial charge < -0.3 is 9.72 Å². The highest BCUT2D eigenvalue weighted by Gasteiger charge is 1.96. The lowest BCUT2D eigenvalue weighted by atomic mass is 10.1. The number of methoxy groups -OCH3 is 1. The van der Waals surface area contributed by atoms with Crippen LogP contribution in [0.15, 0.2) is 41.3 Å². The van der Waals surface area contributed by atoms with Gasteiger partial charge in [-0.15, -0.1) is 0 Å². The van der Waals surface area contributed by atoms with Gasteiger partial charge in [-0.05, 0) is 28.5 Å². The van der Waals surface area contributed by atoms with E-state index in [0.29, 0.717) is 0 Å². The topological polar surface area (TPSA) is 59.2 Å². The maximum Gasteiger partial charge on any atom is 0.330 e. The van der Waals surface area contributed by atoms with Crippen molar-refractivity contribution in [3.63, 3.8) is 0 Å². The molecule has 2 rings (SSSR count). The van der Waals surface area contributed by atoms with Gasteiger partial charge in [0.05, 0.1) is 7.11 Å². The summed E-state index contributed by atoms with van der Waals surface area (Å²) in [6, 6.07) is 7.09. The zero-order chi connectivity index (χ0) is 12.3. The number of aromatic nitrogens is 1. The molecule has 4 heteroatoms. The summed E-state index contributed by atoms with van der Waals surface area (Å²) in [6.07, 6.45) is 4.65. The van der Waals surface area contributed by atoms with Crippen LogP contribution in [0.3, 0.4) is 0 Å². The van der Waals surface area contributed by atoms with Crippen LogP contribution in [-0.4, -0.2) is 18.1 Å². The van der Waals surface area contributed by atoms with E-state index in [1.54, 1.807) is 12.3 Å². The highest BCUT2D eigenvalue weighted by Crippen LogP contribution is 2.14. The van der Waals surface area contributed by atoms with Crippen molar-refractivity contribution in [2.24, 2.45) is 0 Å². The number of benzene rings is 1. The second-order valence-corrected chi connectivity index (χ2v) is 3.54. The molecule has 0 saturated carbocycles. The number of carbonyl (C=O) groups excluding carboxylic acids is 1. The number of H-pyrrole nitrogens is 1. The number of hydrogen-bond donors (Lipinski definition) is 1. The Morgan fingerprint density at radius 2 is 2.12 bits per heavy atom. The summed E-state index contributed by atoms with van der Waals surface area (Å²) in [5.74, 6) is -0.406. The van der Waals surface area contributed by atoms with Crippen LogP contribution in [0, 0.1) is 0 Å². The molecular formula is C13H11NO3. The molecule has 0 amide bonds. The van der Waals surface area contributed by atoms with E-state index in [4.69, 9.17) is 0 Å². The molecule has 2 aromatic rings. The predicted octanol–water partition coefficient (Wildman–Crippen LogP) is 1.71. The fourth-order valence-corrected chi connectivity index (χ4v) is 1.52. The number of fused-ring (bicyclic) bond motifs is 1. The summed E-state index contributed by atoms with van der Waals surface area (Å²) in [7, 11) is 1.33. The number of aromatic amines is 1. The van der Waals surface area contributed by atoms with Gasteiger partial charge in [-0.2, -0.15) is 0 Å². The molecule has 0 aliphatic carbocycles. The maximum absolute atomic E-state index is 11.2. The molecule has 0 fully saturated rings. The van der Waals surface area contributed by atoms with Gasteiger partial charge in [0.25, 0.3) is 0 Å². The van der Waals surface area contributed by atoms with Gasteiger partial charge in [0.1, 0.15) is 0 Å². The average molecular weight is 229 g/mol. The summed E-state index contributed by atoms with van der Waals surface area (Å²) < 4.78 is 4.50. The second-order valence-electron chi connectivity index (χ2n) is 3.54. The van der Waals surface area contributed by atoms with Crippen LogP contribution in [0.25, 0.3) is 16.8 Å². The smallest absolute Gasteiger partial charge is 0.330 e. The number of rotatable bonds is 2. The quantitative estimate of drug-likeness (QED) is 0.630. The average Bonchev–Trinajstić information content (AvgIpc) is 2.35. The maximum atomic E-state index is 11.2. The van der Waals surface area contributed by atoms with Gasteiger partial charge in [0.15, 0.2) is 0 Å². The number of nitrogens with one attached hydrogen (secondary N) is 1. The Balaban J connectivity index is 2.40. The summed E-state index contributed by atoms with van der Waals surface area (Å²) >= 11 is 0. The molecule has 0 bridgehead atoms. The zero-order valence-electron chi connectivity index (χ0n) is 9.27. The summed E-state index contributed by atoms with van der Waals surface area (Å²) in [4.78, 5) is 24.7. The molecule has 0 unspecified atom stereocenters. The van der Waals surface area contributed by atoms with E-state index in [1.165, 1.54) is 19.3 Å². The van der Waals surface area contributed by atoms with Crippen LogP contribution in [0.5, 0.6) is 0 Å². The molecular weight excluding hydrogens is 218 g/mol. The van der Waals surface area contributed by atoms with Gasteiger partial charge in [-0.25, -0.2) is 4.79 Å². The molecule has 0 spiro atoms. The summed E-state index contributed by atoms with van der Waals surface area (Å²) in [5.41, 5.74) is 0.695. The zero-order valence-corrected chi connectivity index (χ0v) is 9.27. The van der Waals surface area contributed by atoms with Crippen LogP contribution in [0.2, 0.25) is 0 Å². The third kappa shape index (κ3) is 2.60. The lowest BCUT2D eigenvalue weighted by molar-refractivity contribution is -0.134. The molecule has 0 radical (unpaired) electrons. The number of hydrogen-bond acceptors (Lipinski definition) is 3. The fraction of sp³-hybridized carbons (Fsp3) is 0.0769. The van der Waals surface area contributed by atoms with Crippen molar-refractivity contribution in [3.05, 3.63) is 52.5 Å². The molecule has 0 aliphatic heterocycles. The Morgan fingerprint density at radius 1 is 1.29 bits per heavy atom. The Morgan fingerprint density at radius 3 is 2.88 bits per heavy atom. The van der Waals surface area contributed by atoms with Crippen molar-refractivity contribution < 1.29 is 9.53 Å². The van der Waals surface area contributed by atoms with E-state index < -0.39 is 5.97 Å². The Bertz CT molecular complexity index is 640. The standard InChI is InChI=1S/C13H11NO3/c1-17-13(16)5-3-9-2-4-10-8-14-12(15)7-11(10)6-9/h2-8H,1H3,(H,14,15). The monoisotopic (exact) mass is 229 g/mol. The predicted molar refractivity (Wildman–Crippen MR) is 65.6 cm³/mol. The Kier molecular flexibility index (Phi) is 3.05. The van der Waals surface area contributed by atoms with Gasteiger partial charge >= 0.3 is 5.97 Å². The van der Waals surface area contributed by atoms with Gasteiger partial charge in [-0.1, -0.05) is 12.1 Å². The molecule has 4 nitrogen and oxygen atoms in total. The summed E-state index contributed by atoms with van der Waals surface area (Å²) in [6.45, 7) is 0. The van der Waals surface area contributed by atoms with Crippen molar-refractivity contribution in [1.82, 2.24) is 4.98 Å². The lowest BCUT2D eigenvalue weighted by Gasteiger charge is -1.98. The first kappa shape index (κ1) is 11.1. The van der Waals surface area contributed by atoms with Crippen LogP contribution in [0.4, 0.5) is 0 Å². The van der Waals surface area contributed by atoms with Crippen molar-refractivity contribution >= 4 is 22.8 Å². The van der Waals surface area contributed by atoms with Gasteiger partial charge in [0, 0.05) is 18.3 Å². The highest BCUT2D eigenvalue weighted by atomic mass is 16.5. The minimum absolute atomic E-state index is 0.147. The van der Waals surface area contributed by atoms with Gasteiger partial charge in [-0.3, -0.25) is 4.79 Å². The fourth-order valence-electron chi connectivity index (χ4n) is 1.52. The normalized spacial score (nSPS) is 10.9. The Labute approximate surface area is 97.5 Å². The molecule has 86 valence electrons. The van der Waals surface area contributed by atoms with E-state index in [1.807, 2.05) is 18.2 Å². The minimum Gasteiger partial charge on any atom is -0.466 e. The van der Waals surface area contributed by atoms with E-state index in [0.717, 1.165) is 16.3 Å². The van der Waals surface area contributed by atoms with E-state index in [9.17, 15) is 9.59 Å². The first-order valence-corrected chi connectivity index (χ1v) is 5.07. The minimum atomic E-state index is -0.406. The van der Waals surface area contributed by atoms with Crippen LogP contribution < -0.4 is 5.56 Å². The molecule has 0 saturated heterocycles. The third-order valence-corrected chi connectivity index (χ3v) is 2.38. The number of ether oxygens (including phenoxy) is 1. The molecule has 1 aromatic carbocycles. The van der Waals surface area contributed by atoms with Crippen LogP contribution in [-0.2, 0) is 9.53 Å². The largest absolute Gasteiger partial charge is 0.466 e. The van der Waals surface area contributed by atoms with Crippen molar-refractivity contribution in [2.75, 3.05) is 7.11 Å². The molecule has 0 atom stereocenters. The van der Waals surface area contributed by atoms with E-state index in [2.05, 4.69) is 9.72 Å². The molecule has 0 aliphatic rings. The number of pyridine rings is 1. The van der Waals surface area contributed by atoms with Crippen molar-refractivity contribution in [2.45, 2.75) is 0 Å². The second kappa shape index (κ2) is 4.65. The summed E-state index contributed by atoms with van der Waals surface area (Å²) in [5, 5.41) is 1.78. The van der Waals surface area contributed by atoms with Crippen LogP contribution in [0.1, 0.15) is 5.56 Å². The van der Waals surface area contributed by atoms with Crippen molar-refractivity contribution in [3.8, 4) is 0 Å². The highest BCUT2D eigenvalue weighted by molar-refractivity contribution is 5.89. The molecule has 17 heavy (non-hydrogen) atoms. The SMILES string of the molecule is COC(=O)C=Cc1ccc2c[nH]c(=O)cc2c1. The number of esters is 1. The van der Waals surface area contributed by atoms with Gasteiger partial charge in [0.2, 0.25) is 5.56 Å². The Hall–Kier alpha value is -2.36. The van der Waals surface area contributed by atoms with Crippen molar-refractivity contribution in [1.29, 1.82) is 0 Å². The van der Waals surface area contributed by atoms with Crippen LogP contribution >= 0.6 is 0 Å². The molecule has 1 heterocycles. The number of carbonyl (C=O) groups is 1. The van der Waals surface area contributed by atoms with E-state index in [-0.39, 0.29) is 5.56 Å². The first-order chi connectivity index (χ1) is 8.19. The van der Waals surface area contributed by atoms with E-state index >= 15 is 0 Å². The molecule has 1 aromatic heterocycles. The first-order valence-electron chi connectivity index (χ1n) is 5.07. The molecule has 1 N–H and O–H groups in total.